The van der Waals surface area contributed by atoms with Crippen molar-refractivity contribution in [2.45, 2.75) is 33.4 Å². The van der Waals surface area contributed by atoms with Gasteiger partial charge in [0.1, 0.15) is 17.9 Å². The molecular weight excluding hydrogens is 431 g/mol. The second-order valence-corrected chi connectivity index (χ2v) is 9.60. The molecule has 1 atom stereocenters. The van der Waals surface area contributed by atoms with Gasteiger partial charge in [0.25, 0.3) is 0 Å². The van der Waals surface area contributed by atoms with Crippen LogP contribution in [0.3, 0.4) is 0 Å². The van der Waals surface area contributed by atoms with Gasteiger partial charge in [0.15, 0.2) is 10.2 Å². The molecule has 0 aliphatic carbocycles. The number of hydrogen-bond acceptors (Lipinski definition) is 6. The lowest BCUT2D eigenvalue weighted by atomic mass is 10.1. The van der Waals surface area contributed by atoms with Gasteiger partial charge in [0, 0.05) is 23.7 Å². The van der Waals surface area contributed by atoms with Gasteiger partial charge < -0.3 is 13.9 Å². The summed E-state index contributed by atoms with van der Waals surface area (Å²) in [6, 6.07) is 19.4. The highest BCUT2D eigenvalue weighted by atomic mass is 32.2. The van der Waals surface area contributed by atoms with E-state index in [2.05, 4.69) is 39.4 Å². The molecule has 5 rings (SSSR count). The number of anilines is 1. The smallest absolute Gasteiger partial charge is 0.198 e. The number of nitrogens with zero attached hydrogens (tertiary/aromatic N) is 4. The van der Waals surface area contributed by atoms with Crippen molar-refractivity contribution in [2.24, 2.45) is 7.05 Å². The quantitative estimate of drug-likeness (QED) is 0.373. The predicted molar refractivity (Wildman–Crippen MR) is 121 cm³/mol. The van der Waals surface area contributed by atoms with Gasteiger partial charge in [-0.3, -0.25) is 0 Å². The van der Waals surface area contributed by atoms with E-state index in [0.29, 0.717) is 6.54 Å². The van der Waals surface area contributed by atoms with Crippen LogP contribution in [-0.4, -0.2) is 21.3 Å². The number of para-hydroxylation sites is 1. The Labute approximate surface area is 188 Å². The maximum Gasteiger partial charge on any atom is 0.198 e. The van der Waals surface area contributed by atoms with Gasteiger partial charge in [-0.2, -0.15) is 0 Å². The summed E-state index contributed by atoms with van der Waals surface area (Å²) in [5.74, 6) is 0.713. The zero-order valence-electron chi connectivity index (χ0n) is 16.9. The minimum Gasteiger partial charge on any atom is -0.453 e. The van der Waals surface area contributed by atoms with E-state index in [1.165, 1.54) is 28.4 Å². The van der Waals surface area contributed by atoms with E-state index in [0.717, 1.165) is 34.5 Å². The van der Waals surface area contributed by atoms with Crippen molar-refractivity contribution in [3.63, 3.8) is 0 Å². The summed E-state index contributed by atoms with van der Waals surface area (Å²) in [5.41, 5.74) is 2.22. The number of furan rings is 1. The third-order valence-electron chi connectivity index (χ3n) is 5.20. The second-order valence-electron chi connectivity index (χ2n) is 7.39. The predicted octanol–water partition coefficient (Wildman–Crippen LogP) is 5.94. The molecule has 2 aromatic carbocycles. The van der Waals surface area contributed by atoms with Gasteiger partial charge in [0.05, 0.1) is 12.2 Å². The first-order valence-corrected chi connectivity index (χ1v) is 11.7. The van der Waals surface area contributed by atoms with E-state index < -0.39 is 0 Å². The number of aromatic nitrogens is 3. The van der Waals surface area contributed by atoms with Crippen LogP contribution in [0.2, 0.25) is 0 Å². The van der Waals surface area contributed by atoms with Crippen LogP contribution in [0.4, 0.5) is 10.1 Å². The van der Waals surface area contributed by atoms with E-state index in [1.54, 1.807) is 30.2 Å². The van der Waals surface area contributed by atoms with Crippen LogP contribution >= 0.6 is 23.5 Å². The summed E-state index contributed by atoms with van der Waals surface area (Å²) in [6.07, 6.45) is 2.59. The zero-order chi connectivity index (χ0) is 21.2. The molecule has 31 heavy (non-hydrogen) atoms. The fourth-order valence-electron chi connectivity index (χ4n) is 3.67. The fraction of sp³-hybridized carbons (Fsp3) is 0.217. The Kier molecular flexibility index (Phi) is 5.74. The fourth-order valence-corrected chi connectivity index (χ4v) is 5.70. The molecule has 1 aliphatic rings. The summed E-state index contributed by atoms with van der Waals surface area (Å²) >= 11 is 3.26. The van der Waals surface area contributed by atoms with Crippen molar-refractivity contribution >= 4 is 29.2 Å². The molecule has 1 unspecified atom stereocenters. The molecule has 2 aromatic heterocycles. The highest BCUT2D eigenvalue weighted by molar-refractivity contribution is 7.99. The van der Waals surface area contributed by atoms with Crippen LogP contribution in [0.25, 0.3) is 0 Å². The molecule has 3 heterocycles. The number of rotatable bonds is 5. The molecule has 0 N–H and O–H groups in total. The van der Waals surface area contributed by atoms with Crippen LogP contribution in [0.1, 0.15) is 23.0 Å². The van der Waals surface area contributed by atoms with Crippen LogP contribution in [0.15, 0.2) is 86.6 Å². The Morgan fingerprint density at radius 2 is 2.06 bits per heavy atom. The number of benzene rings is 2. The normalized spacial score (nSPS) is 16.2. The number of fused-ring (bicyclic) bond motifs is 1. The summed E-state index contributed by atoms with van der Waals surface area (Å²) in [7, 11) is 1.91. The average molecular weight is 453 g/mol. The van der Waals surface area contributed by atoms with Crippen molar-refractivity contribution in [3.05, 3.63) is 84.1 Å². The van der Waals surface area contributed by atoms with Crippen LogP contribution < -0.4 is 4.90 Å². The third-order valence-corrected chi connectivity index (χ3v) is 7.57. The molecular formula is C23H21FN4OS2. The molecule has 4 aromatic rings. The minimum absolute atomic E-state index is 0.184. The molecule has 0 spiro atoms. The van der Waals surface area contributed by atoms with Crippen molar-refractivity contribution in [2.75, 3.05) is 11.4 Å². The number of hydrogen-bond donors (Lipinski definition) is 0. The molecule has 5 nitrogen and oxygen atoms in total. The van der Waals surface area contributed by atoms with E-state index in [4.69, 9.17) is 4.42 Å². The summed E-state index contributed by atoms with van der Waals surface area (Å²) in [6.45, 7) is 1.53. The molecule has 0 fully saturated rings. The van der Waals surface area contributed by atoms with Gasteiger partial charge in [-0.15, -0.1) is 22.0 Å². The monoisotopic (exact) mass is 452 g/mol. The number of thioether (sulfide) groups is 1. The lowest BCUT2D eigenvalue weighted by molar-refractivity contribution is 0.426. The summed E-state index contributed by atoms with van der Waals surface area (Å²) < 4.78 is 21.7. The summed E-state index contributed by atoms with van der Waals surface area (Å²) in [5, 5.41) is 9.79. The molecule has 0 radical (unpaired) electrons. The van der Waals surface area contributed by atoms with Crippen LogP contribution in [0, 0.1) is 5.82 Å². The lowest BCUT2D eigenvalue weighted by Gasteiger charge is -2.23. The lowest BCUT2D eigenvalue weighted by Crippen LogP contribution is -2.23. The first-order chi connectivity index (χ1) is 15.2. The molecule has 0 saturated heterocycles. The van der Waals surface area contributed by atoms with Crippen molar-refractivity contribution in [1.29, 1.82) is 0 Å². The molecule has 1 aliphatic heterocycles. The van der Waals surface area contributed by atoms with Crippen LogP contribution in [0.5, 0.6) is 0 Å². The standard InChI is InChI=1S/C23H21FN4OS2/c1-27-15-25-26-23(27)31-22-10-9-18(29-22)14-28-12-11-20(16-5-4-6-17(24)13-16)30-21-8-3-2-7-19(21)28/h2-10,13,15,20H,11-12,14H2,1H3. The average Bonchev–Trinajstić information content (AvgIpc) is 3.34. The van der Waals surface area contributed by atoms with Gasteiger partial charge in [-0.25, -0.2) is 4.39 Å². The molecule has 0 amide bonds. The van der Waals surface area contributed by atoms with Gasteiger partial charge in [-0.05, 0) is 60.1 Å². The molecule has 158 valence electrons. The van der Waals surface area contributed by atoms with Gasteiger partial charge in [-0.1, -0.05) is 24.3 Å². The zero-order valence-corrected chi connectivity index (χ0v) is 18.6. The van der Waals surface area contributed by atoms with E-state index >= 15 is 0 Å². The van der Waals surface area contributed by atoms with E-state index in [1.807, 2.05) is 29.8 Å². The second kappa shape index (κ2) is 8.80. The summed E-state index contributed by atoms with van der Waals surface area (Å²) in [4.78, 5) is 3.55. The van der Waals surface area contributed by atoms with Crippen molar-refractivity contribution in [3.8, 4) is 0 Å². The maximum absolute atomic E-state index is 13.8. The largest absolute Gasteiger partial charge is 0.453 e. The highest BCUT2D eigenvalue weighted by Crippen LogP contribution is 2.45. The van der Waals surface area contributed by atoms with Crippen LogP contribution in [-0.2, 0) is 13.6 Å². The maximum atomic E-state index is 13.8. The Hall–Kier alpha value is -2.71. The minimum atomic E-state index is -0.184. The highest BCUT2D eigenvalue weighted by Gasteiger charge is 2.24. The first kappa shape index (κ1) is 20.2. The Morgan fingerprint density at radius 3 is 2.90 bits per heavy atom. The first-order valence-electron chi connectivity index (χ1n) is 10.0. The molecule has 0 saturated carbocycles. The Balaban J connectivity index is 1.36. The Morgan fingerprint density at radius 1 is 1.16 bits per heavy atom. The molecule has 0 bridgehead atoms. The van der Waals surface area contributed by atoms with Crippen molar-refractivity contribution in [1.82, 2.24) is 14.8 Å². The van der Waals surface area contributed by atoms with Crippen molar-refractivity contribution < 1.29 is 8.81 Å². The van der Waals surface area contributed by atoms with Gasteiger partial charge in [0.2, 0.25) is 0 Å². The van der Waals surface area contributed by atoms with Gasteiger partial charge >= 0.3 is 0 Å². The SMILES string of the molecule is Cn1cnnc1Sc1ccc(CN2CCC(c3cccc(F)c3)Sc3ccccc32)o1. The number of halogens is 1. The topological polar surface area (TPSA) is 47.1 Å². The van der Waals surface area contributed by atoms with E-state index in [9.17, 15) is 4.39 Å². The van der Waals surface area contributed by atoms with E-state index in [-0.39, 0.29) is 11.1 Å². The third kappa shape index (κ3) is 4.50. The number of aryl methyl sites for hydroxylation is 1. The Bertz CT molecular complexity index is 1190. The molecule has 8 heteroatoms.